The Kier molecular flexibility index (Phi) is 7.68. The normalized spacial score (nSPS) is 20.7. The molecule has 1 aromatic carbocycles. The molecule has 5 rings (SSSR count). The molecule has 3 N–H and O–H groups in total. The number of amides is 1. The number of aromatic nitrogens is 1. The van der Waals surface area contributed by atoms with Crippen LogP contribution >= 0.6 is 0 Å². The van der Waals surface area contributed by atoms with Crippen LogP contribution in [0, 0.1) is 12.3 Å². The lowest BCUT2D eigenvalue weighted by Crippen LogP contribution is -2.39. The SMILES string of the molecule is Cc1cc(NC(=O)c2ccc(NS(=O)(=O)[C@@H](C)CO)cc2N2CCC3(CC2)CC3)nc(N2CCC(F)(F)CC2)c1. The van der Waals surface area contributed by atoms with E-state index in [0.717, 1.165) is 31.5 Å². The molecule has 2 saturated heterocycles. The van der Waals surface area contributed by atoms with Crippen LogP contribution in [0.4, 0.5) is 31.8 Å². The van der Waals surface area contributed by atoms with Crippen molar-refractivity contribution in [1.82, 2.24) is 4.98 Å². The number of anilines is 4. The first-order chi connectivity index (χ1) is 18.9. The molecule has 0 unspecified atom stereocenters. The fourth-order valence-corrected chi connectivity index (χ4v) is 6.29. The van der Waals surface area contributed by atoms with Crippen LogP contribution in [0.5, 0.6) is 0 Å². The molecule has 12 heteroatoms. The number of carbonyl (C=O) groups is 1. The molecule has 1 saturated carbocycles. The van der Waals surface area contributed by atoms with Crippen LogP contribution in [-0.2, 0) is 10.0 Å². The summed E-state index contributed by atoms with van der Waals surface area (Å²) in [5, 5.41) is 11.2. The second-order valence-corrected chi connectivity index (χ2v) is 13.6. The summed E-state index contributed by atoms with van der Waals surface area (Å²) in [5.74, 6) is -2.20. The highest BCUT2D eigenvalue weighted by Crippen LogP contribution is 2.54. The van der Waals surface area contributed by atoms with Gasteiger partial charge >= 0.3 is 0 Å². The summed E-state index contributed by atoms with van der Waals surface area (Å²) in [7, 11) is -3.81. The largest absolute Gasteiger partial charge is 0.395 e. The van der Waals surface area contributed by atoms with Gasteiger partial charge in [0, 0.05) is 39.0 Å². The first-order valence-electron chi connectivity index (χ1n) is 13.8. The number of nitrogens with one attached hydrogen (secondary N) is 2. The average molecular weight is 578 g/mol. The van der Waals surface area contributed by atoms with Crippen molar-refractivity contribution in [1.29, 1.82) is 0 Å². The van der Waals surface area contributed by atoms with Crippen molar-refractivity contribution in [3.8, 4) is 0 Å². The zero-order chi connectivity index (χ0) is 28.7. The number of pyridine rings is 1. The van der Waals surface area contributed by atoms with Gasteiger partial charge in [-0.05, 0) is 80.8 Å². The molecule has 3 fully saturated rings. The van der Waals surface area contributed by atoms with Gasteiger partial charge in [-0.25, -0.2) is 22.2 Å². The fraction of sp³-hybridized carbons (Fsp3) is 0.571. The lowest BCUT2D eigenvalue weighted by Gasteiger charge is -2.35. The zero-order valence-corrected chi connectivity index (χ0v) is 23.7. The van der Waals surface area contributed by atoms with Gasteiger partial charge in [0.25, 0.3) is 11.8 Å². The Bertz CT molecular complexity index is 1360. The molecule has 2 aromatic rings. The van der Waals surface area contributed by atoms with E-state index in [9.17, 15) is 27.1 Å². The molecular weight excluding hydrogens is 540 g/mol. The number of hydrogen-bond acceptors (Lipinski definition) is 7. The maximum Gasteiger partial charge on any atom is 0.258 e. The zero-order valence-electron chi connectivity index (χ0n) is 22.9. The molecule has 9 nitrogen and oxygen atoms in total. The molecule has 0 radical (unpaired) electrons. The number of hydrogen-bond donors (Lipinski definition) is 3. The Morgan fingerprint density at radius 1 is 1.02 bits per heavy atom. The minimum atomic E-state index is -3.81. The van der Waals surface area contributed by atoms with E-state index in [0.29, 0.717) is 34.0 Å². The van der Waals surface area contributed by atoms with Gasteiger partial charge < -0.3 is 20.2 Å². The molecule has 1 aromatic heterocycles. The number of halogens is 2. The van der Waals surface area contributed by atoms with E-state index >= 15 is 0 Å². The van der Waals surface area contributed by atoms with Crippen molar-refractivity contribution in [2.45, 2.75) is 63.5 Å². The molecule has 1 atom stereocenters. The highest BCUT2D eigenvalue weighted by molar-refractivity contribution is 7.93. The summed E-state index contributed by atoms with van der Waals surface area (Å²) < 4.78 is 55.0. The maximum absolute atomic E-state index is 13.7. The lowest BCUT2D eigenvalue weighted by atomic mass is 9.93. The van der Waals surface area contributed by atoms with Gasteiger partial charge in [-0.3, -0.25) is 9.52 Å². The Labute approximate surface area is 234 Å². The summed E-state index contributed by atoms with van der Waals surface area (Å²) in [4.78, 5) is 22.1. The van der Waals surface area contributed by atoms with E-state index in [1.807, 2.05) is 13.0 Å². The third kappa shape index (κ3) is 6.33. The van der Waals surface area contributed by atoms with Crippen molar-refractivity contribution >= 4 is 38.9 Å². The Morgan fingerprint density at radius 3 is 2.30 bits per heavy atom. The van der Waals surface area contributed by atoms with E-state index in [4.69, 9.17) is 0 Å². The summed E-state index contributed by atoms with van der Waals surface area (Å²) in [6, 6.07) is 8.35. The summed E-state index contributed by atoms with van der Waals surface area (Å²) in [6.45, 7) is 4.66. The van der Waals surface area contributed by atoms with Crippen molar-refractivity contribution in [2.24, 2.45) is 5.41 Å². The highest BCUT2D eigenvalue weighted by Gasteiger charge is 2.44. The number of rotatable bonds is 8. The molecule has 218 valence electrons. The van der Waals surface area contributed by atoms with Crippen LogP contribution in [0.15, 0.2) is 30.3 Å². The van der Waals surface area contributed by atoms with Gasteiger partial charge in [0.2, 0.25) is 10.0 Å². The predicted molar refractivity (Wildman–Crippen MR) is 152 cm³/mol. The predicted octanol–water partition coefficient (Wildman–Crippen LogP) is 4.38. The number of piperidine rings is 2. The highest BCUT2D eigenvalue weighted by atomic mass is 32.2. The second-order valence-electron chi connectivity index (χ2n) is 11.5. The Balaban J connectivity index is 1.39. The Morgan fingerprint density at radius 2 is 1.68 bits per heavy atom. The molecular formula is C28H37F2N5O4S. The smallest absolute Gasteiger partial charge is 0.258 e. The number of aryl methyl sites for hydroxylation is 1. The van der Waals surface area contributed by atoms with E-state index in [1.165, 1.54) is 25.8 Å². The number of sulfonamides is 1. The minimum Gasteiger partial charge on any atom is -0.395 e. The van der Waals surface area contributed by atoms with Crippen molar-refractivity contribution in [2.75, 3.05) is 52.6 Å². The molecule has 0 bridgehead atoms. The standard InChI is InChI=1S/C28H37F2N5O4S/c1-19-15-24(31-25(16-19)35-13-9-28(29,30)10-14-35)32-26(37)22-4-3-21(33-40(38,39)20(2)18-36)17-23(22)34-11-7-27(5-6-27)8-12-34/h3-4,15-17,20,33,36H,5-14,18H2,1-2H3,(H,31,32,37)/t20-/m0/s1. The number of alkyl halides is 2. The van der Waals surface area contributed by atoms with E-state index in [1.54, 1.807) is 23.1 Å². The fourth-order valence-electron chi connectivity index (χ4n) is 5.43. The third-order valence-electron chi connectivity index (χ3n) is 8.43. The molecule has 3 heterocycles. The lowest BCUT2D eigenvalue weighted by molar-refractivity contribution is -0.0221. The minimum absolute atomic E-state index is 0.184. The number of benzene rings is 1. The first kappa shape index (κ1) is 28.5. The third-order valence-corrected chi connectivity index (χ3v) is 10.2. The van der Waals surface area contributed by atoms with Crippen LogP contribution < -0.4 is 19.8 Å². The van der Waals surface area contributed by atoms with E-state index in [-0.39, 0.29) is 25.9 Å². The molecule has 1 spiro atoms. The van der Waals surface area contributed by atoms with E-state index in [2.05, 4.69) is 19.9 Å². The quantitative estimate of drug-likeness (QED) is 0.427. The maximum atomic E-state index is 13.7. The first-order valence-corrected chi connectivity index (χ1v) is 15.4. The van der Waals surface area contributed by atoms with Gasteiger partial charge in [-0.15, -0.1) is 0 Å². The summed E-state index contributed by atoms with van der Waals surface area (Å²) in [5.41, 5.74) is 2.57. The number of aliphatic hydroxyl groups is 1. The van der Waals surface area contributed by atoms with Crippen LogP contribution in [0.2, 0.25) is 0 Å². The van der Waals surface area contributed by atoms with Gasteiger partial charge in [-0.1, -0.05) is 0 Å². The Hall–Kier alpha value is -2.99. The molecule has 2 aliphatic heterocycles. The monoisotopic (exact) mass is 577 g/mol. The van der Waals surface area contributed by atoms with Crippen molar-refractivity contribution in [3.05, 3.63) is 41.5 Å². The molecule has 1 amide bonds. The summed E-state index contributed by atoms with van der Waals surface area (Å²) >= 11 is 0. The van der Waals surface area contributed by atoms with Crippen LogP contribution in [0.25, 0.3) is 0 Å². The van der Waals surface area contributed by atoms with Gasteiger partial charge in [0.05, 0.1) is 23.5 Å². The average Bonchev–Trinajstić information content (AvgIpc) is 3.66. The van der Waals surface area contributed by atoms with Crippen molar-refractivity contribution < 1.29 is 27.1 Å². The van der Waals surface area contributed by atoms with Crippen LogP contribution in [0.1, 0.15) is 61.4 Å². The van der Waals surface area contributed by atoms with Gasteiger partial charge in [0.15, 0.2) is 0 Å². The molecule has 1 aliphatic carbocycles. The van der Waals surface area contributed by atoms with Crippen LogP contribution in [-0.4, -0.2) is 68.4 Å². The molecule has 3 aliphatic rings. The van der Waals surface area contributed by atoms with E-state index < -0.39 is 33.7 Å². The van der Waals surface area contributed by atoms with Gasteiger partial charge in [0.1, 0.15) is 16.9 Å². The topological polar surface area (TPSA) is 115 Å². The van der Waals surface area contributed by atoms with Gasteiger partial charge in [-0.2, -0.15) is 0 Å². The van der Waals surface area contributed by atoms with Crippen LogP contribution in [0.3, 0.4) is 0 Å². The second kappa shape index (κ2) is 10.8. The number of nitrogens with zero attached hydrogens (tertiary/aromatic N) is 3. The van der Waals surface area contributed by atoms with Crippen molar-refractivity contribution in [3.63, 3.8) is 0 Å². The number of aliphatic hydroxyl groups excluding tert-OH is 1. The number of carbonyl (C=O) groups excluding carboxylic acids is 1. The summed E-state index contributed by atoms with van der Waals surface area (Å²) in [6.07, 6.45) is 4.01. The molecule has 40 heavy (non-hydrogen) atoms.